The number of nitrogens with one attached hydrogen (secondary N) is 1. The molecule has 1 aromatic heterocycles. The van der Waals surface area contributed by atoms with Gasteiger partial charge in [-0.25, -0.2) is 9.82 Å². The average molecular weight is 370 g/mol. The number of amides is 1. The van der Waals surface area contributed by atoms with E-state index in [1.54, 1.807) is 0 Å². The summed E-state index contributed by atoms with van der Waals surface area (Å²) in [5, 5.41) is 17.9. The van der Waals surface area contributed by atoms with E-state index < -0.39 is 16.6 Å². The Labute approximate surface area is 131 Å². The molecule has 1 N–H and O–H groups in total. The molecule has 1 aromatic carbocycles. The molecule has 0 atom stereocenters. The summed E-state index contributed by atoms with van der Waals surface area (Å²) in [6.07, 6.45) is 3.53. The number of hydrogen-bond donors (Lipinski definition) is 1. The molecular weight excluding hydrogens is 361 g/mol. The monoisotopic (exact) mass is 369 g/mol. The zero-order valence-electron chi connectivity index (χ0n) is 10.9. The number of nitrogens with zero attached hydrogens (tertiary/aromatic N) is 4. The molecule has 0 saturated heterocycles. The van der Waals surface area contributed by atoms with Gasteiger partial charge in [-0.3, -0.25) is 19.6 Å². The largest absolute Gasteiger partial charge is 0.307 e. The summed E-state index contributed by atoms with van der Waals surface area (Å²) >= 11 is 3.03. The Kier molecular flexibility index (Phi) is 4.94. The minimum Gasteiger partial charge on any atom is -0.271 e. The topological polar surface area (TPSA) is 102 Å². The maximum Gasteiger partial charge on any atom is 0.307 e. The van der Waals surface area contributed by atoms with E-state index >= 15 is 0 Å². The van der Waals surface area contributed by atoms with Gasteiger partial charge in [0.2, 0.25) is 0 Å². The second-order valence-electron chi connectivity index (χ2n) is 4.12. The van der Waals surface area contributed by atoms with Crippen molar-refractivity contribution in [3.05, 3.63) is 56.6 Å². The Hall–Kier alpha value is -2.62. The molecule has 0 fully saturated rings. The molecule has 114 valence electrons. The molecule has 1 amide bonds. The van der Waals surface area contributed by atoms with Gasteiger partial charge in [-0.15, -0.1) is 0 Å². The fourth-order valence-corrected chi connectivity index (χ4v) is 1.88. The Morgan fingerprint density at radius 2 is 2.36 bits per heavy atom. The van der Waals surface area contributed by atoms with Crippen molar-refractivity contribution >= 4 is 33.7 Å². The standard InChI is InChI=1S/C12H9BrFN5O3/c13-10-3-8(1-2-11(10)14)4-15-17-12(20)7-18-6-9(5-16-18)19(21)22/h1-6H,7H2,(H,17,20)/b15-4+. The summed E-state index contributed by atoms with van der Waals surface area (Å²) in [5.41, 5.74) is 2.63. The second kappa shape index (κ2) is 6.89. The Balaban J connectivity index is 1.90. The van der Waals surface area contributed by atoms with Crippen LogP contribution >= 0.6 is 15.9 Å². The van der Waals surface area contributed by atoms with E-state index in [9.17, 15) is 19.3 Å². The third kappa shape index (κ3) is 4.19. The van der Waals surface area contributed by atoms with Gasteiger partial charge in [-0.2, -0.15) is 10.2 Å². The zero-order chi connectivity index (χ0) is 16.1. The number of benzene rings is 1. The first kappa shape index (κ1) is 15.8. The Bertz CT molecular complexity index is 746. The van der Waals surface area contributed by atoms with Crippen molar-refractivity contribution in [2.75, 3.05) is 0 Å². The quantitative estimate of drug-likeness (QED) is 0.493. The molecule has 0 saturated carbocycles. The number of rotatable bonds is 5. The summed E-state index contributed by atoms with van der Waals surface area (Å²) in [7, 11) is 0. The van der Waals surface area contributed by atoms with Crippen molar-refractivity contribution in [2.24, 2.45) is 5.10 Å². The maximum absolute atomic E-state index is 13.0. The first-order chi connectivity index (χ1) is 10.5. The van der Waals surface area contributed by atoms with Crippen LogP contribution in [0.4, 0.5) is 10.1 Å². The first-order valence-electron chi connectivity index (χ1n) is 5.89. The lowest BCUT2D eigenvalue weighted by atomic mass is 10.2. The van der Waals surface area contributed by atoms with Crippen LogP contribution in [0.3, 0.4) is 0 Å². The van der Waals surface area contributed by atoms with Crippen LogP contribution in [-0.4, -0.2) is 26.8 Å². The van der Waals surface area contributed by atoms with E-state index in [4.69, 9.17) is 0 Å². The van der Waals surface area contributed by atoms with Crippen LogP contribution in [0.25, 0.3) is 0 Å². The number of nitro groups is 1. The minimum absolute atomic E-state index is 0.201. The smallest absolute Gasteiger partial charge is 0.271 e. The minimum atomic E-state index is -0.605. The number of carbonyl (C=O) groups is 1. The van der Waals surface area contributed by atoms with Gasteiger partial charge in [0.05, 0.1) is 15.6 Å². The van der Waals surface area contributed by atoms with Crippen LogP contribution in [0, 0.1) is 15.9 Å². The summed E-state index contributed by atoms with van der Waals surface area (Å²) in [5.74, 6) is -0.906. The highest BCUT2D eigenvalue weighted by atomic mass is 79.9. The summed E-state index contributed by atoms with van der Waals surface area (Å²) in [4.78, 5) is 21.5. The molecule has 2 aromatic rings. The molecule has 0 radical (unpaired) electrons. The number of aromatic nitrogens is 2. The highest BCUT2D eigenvalue weighted by Gasteiger charge is 2.10. The summed E-state index contributed by atoms with van der Waals surface area (Å²) in [6.45, 7) is -0.210. The lowest BCUT2D eigenvalue weighted by Gasteiger charge is -2.00. The fraction of sp³-hybridized carbons (Fsp3) is 0.0833. The van der Waals surface area contributed by atoms with Crippen LogP contribution in [0.2, 0.25) is 0 Å². The third-order valence-corrected chi connectivity index (χ3v) is 3.09. The molecular formula is C12H9BrFN5O3. The normalized spacial score (nSPS) is 10.8. The van der Waals surface area contributed by atoms with E-state index in [2.05, 4.69) is 31.6 Å². The molecule has 22 heavy (non-hydrogen) atoms. The molecule has 1 heterocycles. The van der Waals surface area contributed by atoms with Crippen LogP contribution < -0.4 is 5.43 Å². The van der Waals surface area contributed by atoms with Crippen molar-refractivity contribution in [3.63, 3.8) is 0 Å². The van der Waals surface area contributed by atoms with Crippen LogP contribution in [0.15, 0.2) is 40.2 Å². The van der Waals surface area contributed by atoms with Crippen LogP contribution in [0.1, 0.15) is 5.56 Å². The molecule has 0 bridgehead atoms. The molecule has 2 rings (SSSR count). The Morgan fingerprint density at radius 1 is 1.59 bits per heavy atom. The van der Waals surface area contributed by atoms with Gasteiger partial charge in [-0.1, -0.05) is 6.07 Å². The van der Waals surface area contributed by atoms with Crippen molar-refractivity contribution < 1.29 is 14.1 Å². The highest BCUT2D eigenvalue weighted by molar-refractivity contribution is 9.10. The average Bonchev–Trinajstić information content (AvgIpc) is 2.91. The highest BCUT2D eigenvalue weighted by Crippen LogP contribution is 2.15. The molecule has 10 heteroatoms. The number of carbonyl (C=O) groups excluding carboxylic acids is 1. The SMILES string of the molecule is O=C(Cn1cc([N+](=O)[O-])cn1)N/N=C/c1ccc(F)c(Br)c1. The number of hydrogen-bond acceptors (Lipinski definition) is 5. The molecule has 0 aliphatic carbocycles. The molecule has 8 nitrogen and oxygen atoms in total. The van der Waals surface area contributed by atoms with E-state index in [1.807, 2.05) is 0 Å². The predicted molar refractivity (Wildman–Crippen MR) is 78.7 cm³/mol. The maximum atomic E-state index is 13.0. The number of hydrazone groups is 1. The number of halogens is 2. The molecule has 0 aliphatic heterocycles. The van der Waals surface area contributed by atoms with E-state index in [0.717, 1.165) is 17.1 Å². The van der Waals surface area contributed by atoms with Gasteiger partial charge < -0.3 is 0 Å². The Morgan fingerprint density at radius 3 is 3.00 bits per heavy atom. The van der Waals surface area contributed by atoms with E-state index in [-0.39, 0.29) is 16.7 Å². The second-order valence-corrected chi connectivity index (χ2v) is 4.97. The first-order valence-corrected chi connectivity index (χ1v) is 6.69. The predicted octanol–water partition coefficient (Wildman–Crippen LogP) is 1.84. The lowest BCUT2D eigenvalue weighted by Crippen LogP contribution is -2.23. The van der Waals surface area contributed by atoms with Gasteiger partial charge in [0, 0.05) is 0 Å². The van der Waals surface area contributed by atoms with Crippen LogP contribution in [-0.2, 0) is 11.3 Å². The van der Waals surface area contributed by atoms with E-state index in [1.165, 1.54) is 24.4 Å². The van der Waals surface area contributed by atoms with Gasteiger partial charge in [0.15, 0.2) is 0 Å². The van der Waals surface area contributed by atoms with Gasteiger partial charge in [-0.05, 0) is 33.6 Å². The van der Waals surface area contributed by atoms with Crippen molar-refractivity contribution in [3.8, 4) is 0 Å². The van der Waals surface area contributed by atoms with Gasteiger partial charge in [0.1, 0.15) is 24.8 Å². The van der Waals surface area contributed by atoms with E-state index in [0.29, 0.717) is 5.56 Å². The van der Waals surface area contributed by atoms with Gasteiger partial charge >= 0.3 is 5.69 Å². The molecule has 0 aliphatic rings. The fourth-order valence-electron chi connectivity index (χ4n) is 1.49. The molecule has 0 spiro atoms. The van der Waals surface area contributed by atoms with Crippen LogP contribution in [0.5, 0.6) is 0 Å². The van der Waals surface area contributed by atoms with Crippen molar-refractivity contribution in [2.45, 2.75) is 6.54 Å². The van der Waals surface area contributed by atoms with Gasteiger partial charge in [0.25, 0.3) is 5.91 Å². The summed E-state index contributed by atoms with van der Waals surface area (Å²) < 4.78 is 14.4. The van der Waals surface area contributed by atoms with Crippen molar-refractivity contribution in [1.29, 1.82) is 0 Å². The lowest BCUT2D eigenvalue weighted by molar-refractivity contribution is -0.385. The van der Waals surface area contributed by atoms with Crippen molar-refractivity contribution in [1.82, 2.24) is 15.2 Å². The molecule has 0 unspecified atom stereocenters. The zero-order valence-corrected chi connectivity index (χ0v) is 12.5. The summed E-state index contributed by atoms with van der Waals surface area (Å²) in [6, 6.07) is 4.25. The third-order valence-electron chi connectivity index (χ3n) is 2.48.